The van der Waals surface area contributed by atoms with Crippen molar-refractivity contribution < 1.29 is 58.6 Å². The molecular formula is C65H62F9N16O4+. The molecule has 3 aliphatic rings. The Kier molecular flexibility index (Phi) is 19.1. The number of carbonyl (C=O) groups excluding carboxylic acids is 2. The maximum atomic E-state index is 14.9. The summed E-state index contributed by atoms with van der Waals surface area (Å²) in [5, 5.41) is 38.6. The first-order chi connectivity index (χ1) is 45.0. The molecule has 0 unspecified atom stereocenters. The standard InChI is InChI=1S/C65H62F9N16O4/c1-87-37-80-85-58(87)46-11-9-44(63(66,67)68)30-48(46)43-27-55(83-57(29-43)90-35-52-51(61(90)92)24-40(33-77-20-22-94-3)25-53(52)65(72,73)74)84-62(14-15-62)13-6-17-78-36-88-38-81-86-59(88)47-12-10-45(64(69,70)71)31-49(47)42-26-54(79-18-5-4-16-75)82-56(28-42)89-34-41-8-7-39(23-50(41)60(89)91)32-76-19-21-93-2/h7-12,23-31,37-38,76-77H,4-6,13-15,18-22,32-36H2,1-3H3,(H,79,82)(H,83,84)/q+1. The summed E-state index contributed by atoms with van der Waals surface area (Å²) < 4.78 is 145. The van der Waals surface area contributed by atoms with Gasteiger partial charge in [0.25, 0.3) is 17.9 Å². The van der Waals surface area contributed by atoms with Crippen molar-refractivity contribution in [1.82, 2.24) is 50.1 Å². The second kappa shape index (κ2) is 27.4. The number of nitrogens with zero attached hydrogens (tertiary/aromatic N) is 12. The van der Waals surface area contributed by atoms with Crippen LogP contribution in [0.3, 0.4) is 0 Å². The normalized spacial score (nSPS) is 14.2. The number of alkyl halides is 9. The van der Waals surface area contributed by atoms with E-state index in [1.54, 1.807) is 26.3 Å². The lowest BCUT2D eigenvalue weighted by atomic mass is 9.96. The van der Waals surface area contributed by atoms with Crippen LogP contribution in [0.4, 0.5) is 62.8 Å². The molecule has 4 aromatic carbocycles. The summed E-state index contributed by atoms with van der Waals surface area (Å²) in [5.41, 5.74) is -1.02. The van der Waals surface area contributed by atoms with Gasteiger partial charge in [0.2, 0.25) is 0 Å². The summed E-state index contributed by atoms with van der Waals surface area (Å²) in [6.45, 7) is 1.88. The number of methoxy groups -OCH3 is 2. The van der Waals surface area contributed by atoms with E-state index in [1.807, 2.05) is 12.1 Å². The number of hydrogen-bond donors (Lipinski definition) is 4. The number of amides is 2. The number of benzene rings is 4. The highest BCUT2D eigenvalue weighted by atomic mass is 19.4. The van der Waals surface area contributed by atoms with Gasteiger partial charge in [-0.2, -0.15) is 44.8 Å². The van der Waals surface area contributed by atoms with Gasteiger partial charge in [-0.05, 0) is 149 Å². The lowest BCUT2D eigenvalue weighted by Gasteiger charge is -2.22. The number of ether oxygens (including phenoxy) is 2. The van der Waals surface area contributed by atoms with Crippen molar-refractivity contribution in [3.05, 3.63) is 159 Å². The first-order valence-electron chi connectivity index (χ1n) is 29.9. The van der Waals surface area contributed by atoms with Crippen LogP contribution in [0.5, 0.6) is 0 Å². The number of anilines is 4. The molecule has 1 saturated carbocycles. The van der Waals surface area contributed by atoms with Crippen molar-refractivity contribution in [1.29, 1.82) is 5.26 Å². The molecule has 6 heterocycles. The number of fused-ring (bicyclic) bond motifs is 2. The number of nitrogens with one attached hydrogen (secondary N) is 4. The third-order valence-electron chi connectivity index (χ3n) is 16.4. The van der Waals surface area contributed by atoms with Crippen molar-refractivity contribution >= 4 is 35.1 Å². The van der Waals surface area contributed by atoms with Gasteiger partial charge in [0.1, 0.15) is 35.9 Å². The van der Waals surface area contributed by atoms with Crippen molar-refractivity contribution in [3.63, 3.8) is 0 Å². The Morgan fingerprint density at radius 3 is 1.84 bits per heavy atom. The molecule has 488 valence electrons. The minimum absolute atomic E-state index is 0.0108. The Bertz CT molecular complexity index is 4260. The molecule has 4 N–H and O–H groups in total. The number of nitriles is 1. The summed E-state index contributed by atoms with van der Waals surface area (Å²) in [7, 11) is 4.68. The minimum Gasteiger partial charge on any atom is -0.383 e. The number of aryl methyl sites for hydroxylation is 1. The van der Waals surface area contributed by atoms with E-state index in [0.29, 0.717) is 57.5 Å². The number of rotatable bonds is 25. The highest BCUT2D eigenvalue weighted by Gasteiger charge is 2.45. The highest BCUT2D eigenvalue weighted by Crippen LogP contribution is 2.47. The summed E-state index contributed by atoms with van der Waals surface area (Å²) >= 11 is 0. The molecule has 20 nitrogen and oxygen atoms in total. The summed E-state index contributed by atoms with van der Waals surface area (Å²) in [6, 6.07) is 25.3. The molecule has 1 aliphatic carbocycles. The molecule has 0 saturated heterocycles. The fraction of sp³-hybridized carbons (Fsp3) is 0.354. The number of halogens is 9. The topological polar surface area (TPSA) is 223 Å². The lowest BCUT2D eigenvalue weighted by molar-refractivity contribution is -0.138. The second-order valence-electron chi connectivity index (χ2n) is 22.9. The molecule has 1 fully saturated rings. The van der Waals surface area contributed by atoms with Crippen LogP contribution in [0, 0.1) is 17.4 Å². The van der Waals surface area contributed by atoms with Gasteiger partial charge in [-0.1, -0.05) is 17.0 Å². The van der Waals surface area contributed by atoms with Crippen molar-refractivity contribution in [3.8, 4) is 57.2 Å². The minimum atomic E-state index is -4.86. The second-order valence-corrected chi connectivity index (χ2v) is 22.9. The molecule has 0 spiro atoms. The van der Waals surface area contributed by atoms with Gasteiger partial charge in [0.15, 0.2) is 11.6 Å². The molecule has 11 rings (SSSR count). The smallest absolute Gasteiger partial charge is 0.383 e. The Morgan fingerprint density at radius 1 is 0.628 bits per heavy atom. The van der Waals surface area contributed by atoms with Crippen LogP contribution in [0.25, 0.3) is 49.9 Å². The van der Waals surface area contributed by atoms with Gasteiger partial charge in [-0.15, -0.1) is 20.4 Å². The van der Waals surface area contributed by atoms with E-state index in [9.17, 15) is 54.4 Å². The predicted molar refractivity (Wildman–Crippen MR) is 330 cm³/mol. The zero-order valence-corrected chi connectivity index (χ0v) is 51.0. The third kappa shape index (κ3) is 14.7. The van der Waals surface area contributed by atoms with Crippen LogP contribution >= 0.6 is 0 Å². The molecule has 0 radical (unpaired) electrons. The van der Waals surface area contributed by atoms with E-state index in [0.717, 1.165) is 46.4 Å². The molecule has 8 aromatic rings. The summed E-state index contributed by atoms with van der Waals surface area (Å²) in [6.07, 6.45) is -9.34. The zero-order chi connectivity index (χ0) is 66.5. The van der Waals surface area contributed by atoms with Crippen LogP contribution in [-0.4, -0.2) is 104 Å². The molecular weight excluding hydrogens is 1240 g/mol. The number of pyridine rings is 2. The number of hydrogen-bond acceptors (Lipinski definition) is 15. The SMILES string of the molecule is COCCNCc1ccc2c(c1)C(=O)N(c1cc(-c3cc(C(F)(F)F)ccc3-c3nncn3C[N+]#CCCC3(Nc4cc(-c5cc(C(F)(F)F)ccc5-c5nncn5C)cc(N5Cc6c(cc(CNCCOC)cc6C(F)(F)F)C5=O)n4)CC3)cc(NCCCC#N)n1)C2. The number of aromatic nitrogens is 8. The van der Waals surface area contributed by atoms with Crippen molar-refractivity contribution in [2.24, 2.45) is 7.05 Å². The van der Waals surface area contributed by atoms with Crippen LogP contribution in [-0.2, 0) is 67.9 Å². The van der Waals surface area contributed by atoms with Crippen LogP contribution in [0.2, 0.25) is 0 Å². The average molecular weight is 1300 g/mol. The van der Waals surface area contributed by atoms with E-state index < -0.39 is 53.2 Å². The summed E-state index contributed by atoms with van der Waals surface area (Å²) in [5.74, 6) is -0.460. The van der Waals surface area contributed by atoms with E-state index in [2.05, 4.69) is 58.6 Å². The van der Waals surface area contributed by atoms with Crippen molar-refractivity contribution in [2.45, 2.75) is 95.4 Å². The van der Waals surface area contributed by atoms with E-state index in [-0.39, 0.29) is 137 Å². The Morgan fingerprint density at radius 2 is 1.22 bits per heavy atom. The van der Waals surface area contributed by atoms with Gasteiger partial charge in [0.05, 0.1) is 55.5 Å². The molecule has 2 aliphatic heterocycles. The Hall–Kier alpha value is -9.81. The zero-order valence-electron chi connectivity index (χ0n) is 51.0. The van der Waals surface area contributed by atoms with Gasteiger partial charge >= 0.3 is 25.2 Å². The van der Waals surface area contributed by atoms with E-state index >= 15 is 0 Å². The molecule has 29 heteroatoms. The molecule has 0 atom stereocenters. The molecule has 94 heavy (non-hydrogen) atoms. The average Bonchev–Trinajstić information content (AvgIpc) is 1.51. The van der Waals surface area contributed by atoms with Gasteiger partial charge < -0.3 is 35.3 Å². The monoisotopic (exact) mass is 1300 g/mol. The Labute approximate surface area is 533 Å². The maximum absolute atomic E-state index is 14.9. The fourth-order valence-electron chi connectivity index (χ4n) is 11.4. The highest BCUT2D eigenvalue weighted by molar-refractivity contribution is 6.11. The maximum Gasteiger partial charge on any atom is 0.416 e. The third-order valence-corrected chi connectivity index (χ3v) is 16.4. The molecule has 2 amide bonds. The largest absolute Gasteiger partial charge is 0.416 e. The van der Waals surface area contributed by atoms with Gasteiger partial charge in [0, 0.05) is 88.2 Å². The van der Waals surface area contributed by atoms with Gasteiger partial charge in [-0.3, -0.25) is 19.4 Å². The van der Waals surface area contributed by atoms with E-state index in [4.69, 9.17) is 19.4 Å². The quantitative estimate of drug-likeness (QED) is 0.0309. The summed E-state index contributed by atoms with van der Waals surface area (Å²) in [4.78, 5) is 45.2. The molecule has 4 aromatic heterocycles. The van der Waals surface area contributed by atoms with Crippen LogP contribution < -0.4 is 31.1 Å². The number of unbranched alkanes of at least 4 members (excludes halogenated alkanes) is 1. The predicted octanol–water partition coefficient (Wildman–Crippen LogP) is 12.1. The van der Waals surface area contributed by atoms with Crippen LogP contribution in [0.1, 0.15) is 98.2 Å². The molecule has 0 bridgehead atoms. The van der Waals surface area contributed by atoms with Crippen LogP contribution in [0.15, 0.2) is 104 Å². The fourth-order valence-corrected chi connectivity index (χ4v) is 11.4. The van der Waals surface area contributed by atoms with Crippen molar-refractivity contribution in [2.75, 3.05) is 67.5 Å². The number of carbonyl (C=O) groups is 2. The first kappa shape index (κ1) is 65.7. The Balaban J connectivity index is 0.877. The lowest BCUT2D eigenvalue weighted by Crippen LogP contribution is -2.26. The van der Waals surface area contributed by atoms with E-state index in [1.165, 1.54) is 70.2 Å². The first-order valence-corrected chi connectivity index (χ1v) is 29.9. The van der Waals surface area contributed by atoms with Gasteiger partial charge in [-0.25, -0.2) is 14.5 Å².